The van der Waals surface area contributed by atoms with Crippen molar-refractivity contribution in [2.75, 3.05) is 12.1 Å². The van der Waals surface area contributed by atoms with E-state index < -0.39 is 11.7 Å². The number of carbonyl (C=O) groups is 1. The second kappa shape index (κ2) is 6.94. The SMILES string of the molecule is Cc1onc(-c2c(F)cccc2Cl)c1C(=O)NN(C)c1ccccc1. The van der Waals surface area contributed by atoms with Gasteiger partial charge >= 0.3 is 0 Å². The maximum atomic E-state index is 14.2. The molecule has 3 rings (SSSR count). The molecule has 25 heavy (non-hydrogen) atoms. The first-order chi connectivity index (χ1) is 12.0. The smallest absolute Gasteiger partial charge is 0.275 e. The normalized spacial score (nSPS) is 10.6. The molecule has 0 aliphatic heterocycles. The van der Waals surface area contributed by atoms with E-state index in [-0.39, 0.29) is 27.6 Å². The number of amides is 1. The van der Waals surface area contributed by atoms with E-state index in [0.29, 0.717) is 0 Å². The van der Waals surface area contributed by atoms with Crippen molar-refractivity contribution in [1.82, 2.24) is 10.6 Å². The number of anilines is 1. The first-order valence-corrected chi connectivity index (χ1v) is 7.87. The van der Waals surface area contributed by atoms with Gasteiger partial charge in [0.1, 0.15) is 22.8 Å². The number of para-hydroxylation sites is 1. The van der Waals surface area contributed by atoms with Crippen LogP contribution in [0.4, 0.5) is 10.1 Å². The summed E-state index contributed by atoms with van der Waals surface area (Å²) in [4.78, 5) is 12.7. The van der Waals surface area contributed by atoms with Crippen LogP contribution in [0.25, 0.3) is 11.3 Å². The number of rotatable bonds is 4. The van der Waals surface area contributed by atoms with Crippen LogP contribution in [-0.2, 0) is 0 Å². The molecule has 0 fully saturated rings. The molecule has 1 N–H and O–H groups in total. The Kier molecular flexibility index (Phi) is 4.72. The van der Waals surface area contributed by atoms with E-state index in [9.17, 15) is 9.18 Å². The summed E-state index contributed by atoms with van der Waals surface area (Å²) in [6, 6.07) is 13.5. The van der Waals surface area contributed by atoms with Crippen LogP contribution >= 0.6 is 11.6 Å². The van der Waals surface area contributed by atoms with E-state index in [1.54, 1.807) is 19.0 Å². The molecule has 0 atom stereocenters. The van der Waals surface area contributed by atoms with E-state index in [0.717, 1.165) is 5.69 Å². The molecule has 5 nitrogen and oxygen atoms in total. The topological polar surface area (TPSA) is 58.4 Å². The molecular weight excluding hydrogens is 345 g/mol. The fourth-order valence-electron chi connectivity index (χ4n) is 2.46. The van der Waals surface area contributed by atoms with Crippen molar-refractivity contribution in [1.29, 1.82) is 0 Å². The quantitative estimate of drug-likeness (QED) is 0.708. The summed E-state index contributed by atoms with van der Waals surface area (Å²) < 4.78 is 19.3. The number of nitrogens with one attached hydrogen (secondary N) is 1. The molecule has 1 amide bonds. The van der Waals surface area contributed by atoms with Crippen molar-refractivity contribution in [3.63, 3.8) is 0 Å². The molecule has 7 heteroatoms. The number of nitrogens with zero attached hydrogens (tertiary/aromatic N) is 2. The van der Waals surface area contributed by atoms with Crippen LogP contribution in [0.2, 0.25) is 5.02 Å². The van der Waals surface area contributed by atoms with E-state index in [1.807, 2.05) is 30.3 Å². The molecule has 0 aliphatic rings. The monoisotopic (exact) mass is 359 g/mol. The van der Waals surface area contributed by atoms with Crippen LogP contribution in [0.3, 0.4) is 0 Å². The van der Waals surface area contributed by atoms with Crippen molar-refractivity contribution in [3.05, 3.63) is 70.7 Å². The third-order valence-corrected chi connectivity index (χ3v) is 4.02. The maximum Gasteiger partial charge on any atom is 0.275 e. The molecule has 0 radical (unpaired) electrons. The van der Waals surface area contributed by atoms with Crippen molar-refractivity contribution >= 4 is 23.2 Å². The fourth-order valence-corrected chi connectivity index (χ4v) is 2.71. The zero-order valence-electron chi connectivity index (χ0n) is 13.6. The fraction of sp³-hybridized carbons (Fsp3) is 0.111. The third kappa shape index (κ3) is 3.34. The van der Waals surface area contributed by atoms with Gasteiger partial charge in [0, 0.05) is 7.05 Å². The van der Waals surface area contributed by atoms with E-state index in [4.69, 9.17) is 16.1 Å². The Hall–Kier alpha value is -2.86. The molecule has 2 aromatic carbocycles. The largest absolute Gasteiger partial charge is 0.360 e. The van der Waals surface area contributed by atoms with E-state index >= 15 is 0 Å². The second-order valence-corrected chi connectivity index (χ2v) is 5.80. The van der Waals surface area contributed by atoms with Gasteiger partial charge in [0.2, 0.25) is 0 Å². The third-order valence-electron chi connectivity index (χ3n) is 3.70. The predicted octanol–water partition coefficient (Wildman–Crippen LogP) is 4.22. The Labute approximate surface area is 149 Å². The molecule has 0 saturated heterocycles. The number of aryl methyl sites for hydroxylation is 1. The Balaban J connectivity index is 1.96. The molecule has 3 aromatic rings. The zero-order chi connectivity index (χ0) is 18.0. The Bertz CT molecular complexity index is 892. The highest BCUT2D eigenvalue weighted by Gasteiger charge is 2.26. The van der Waals surface area contributed by atoms with Crippen LogP contribution in [0.1, 0.15) is 16.1 Å². The first kappa shape index (κ1) is 17.0. The van der Waals surface area contributed by atoms with Crippen molar-refractivity contribution in [2.24, 2.45) is 0 Å². The minimum absolute atomic E-state index is 0.0357. The zero-order valence-corrected chi connectivity index (χ0v) is 14.3. The summed E-state index contributed by atoms with van der Waals surface area (Å²) in [7, 11) is 1.70. The number of benzene rings is 2. The number of aromatic nitrogens is 1. The average Bonchev–Trinajstić information content (AvgIpc) is 2.97. The van der Waals surface area contributed by atoms with Gasteiger partial charge in [0.15, 0.2) is 0 Å². The minimum atomic E-state index is -0.578. The summed E-state index contributed by atoms with van der Waals surface area (Å²) in [6.07, 6.45) is 0. The van der Waals surface area contributed by atoms with Crippen LogP contribution in [-0.4, -0.2) is 18.1 Å². The van der Waals surface area contributed by atoms with Gasteiger partial charge in [-0.05, 0) is 31.2 Å². The highest BCUT2D eigenvalue weighted by atomic mass is 35.5. The number of hydrogen-bond donors (Lipinski definition) is 1. The van der Waals surface area contributed by atoms with Crippen LogP contribution in [0.5, 0.6) is 0 Å². The van der Waals surface area contributed by atoms with E-state index in [1.165, 1.54) is 18.2 Å². The van der Waals surface area contributed by atoms with Crippen molar-refractivity contribution < 1.29 is 13.7 Å². The Morgan fingerprint density at radius 2 is 1.92 bits per heavy atom. The van der Waals surface area contributed by atoms with Gasteiger partial charge in [-0.1, -0.05) is 41.0 Å². The lowest BCUT2D eigenvalue weighted by Crippen LogP contribution is -2.39. The van der Waals surface area contributed by atoms with Crippen LogP contribution in [0.15, 0.2) is 53.1 Å². The lowest BCUT2D eigenvalue weighted by Gasteiger charge is -2.20. The molecule has 1 aromatic heterocycles. The molecule has 0 aliphatic carbocycles. The molecule has 128 valence electrons. The van der Waals surface area contributed by atoms with Gasteiger partial charge in [0.25, 0.3) is 5.91 Å². The van der Waals surface area contributed by atoms with Gasteiger partial charge in [-0.15, -0.1) is 0 Å². The van der Waals surface area contributed by atoms with Crippen LogP contribution in [0, 0.1) is 12.7 Å². The maximum absolute atomic E-state index is 14.2. The first-order valence-electron chi connectivity index (χ1n) is 7.49. The summed E-state index contributed by atoms with van der Waals surface area (Å²) in [5.74, 6) is -0.779. The summed E-state index contributed by atoms with van der Waals surface area (Å²) in [5, 5.41) is 5.54. The average molecular weight is 360 g/mol. The molecular formula is C18H15ClFN3O2. The Morgan fingerprint density at radius 1 is 1.20 bits per heavy atom. The molecule has 0 unspecified atom stereocenters. The van der Waals surface area contributed by atoms with Gasteiger partial charge < -0.3 is 4.52 Å². The Morgan fingerprint density at radius 3 is 2.60 bits per heavy atom. The molecule has 0 saturated carbocycles. The molecule has 0 bridgehead atoms. The summed E-state index contributed by atoms with van der Waals surface area (Å²) in [6.45, 7) is 1.59. The standard InChI is InChI=1S/C18H15ClFN3O2/c1-11-15(18(24)21-23(2)12-7-4-3-5-8-12)17(22-25-11)16-13(19)9-6-10-14(16)20/h3-10H,1-2H3,(H,21,24). The minimum Gasteiger partial charge on any atom is -0.360 e. The second-order valence-electron chi connectivity index (χ2n) is 5.39. The number of hydrazine groups is 1. The highest BCUT2D eigenvalue weighted by Crippen LogP contribution is 2.33. The lowest BCUT2D eigenvalue weighted by molar-refractivity contribution is 0.0950. The predicted molar refractivity (Wildman–Crippen MR) is 94.0 cm³/mol. The summed E-state index contributed by atoms with van der Waals surface area (Å²) >= 11 is 6.09. The molecule has 0 spiro atoms. The van der Waals surface area contributed by atoms with Crippen LogP contribution < -0.4 is 10.4 Å². The molecule has 1 heterocycles. The van der Waals surface area contributed by atoms with Crippen molar-refractivity contribution in [3.8, 4) is 11.3 Å². The summed E-state index contributed by atoms with van der Waals surface area (Å²) in [5.41, 5.74) is 3.74. The van der Waals surface area contributed by atoms with Crippen molar-refractivity contribution in [2.45, 2.75) is 6.92 Å². The van der Waals surface area contributed by atoms with Gasteiger partial charge in [-0.25, -0.2) is 4.39 Å². The van der Waals surface area contributed by atoms with E-state index in [2.05, 4.69) is 10.6 Å². The van der Waals surface area contributed by atoms with Gasteiger partial charge in [-0.3, -0.25) is 15.2 Å². The number of hydrogen-bond acceptors (Lipinski definition) is 4. The number of halogens is 2. The lowest BCUT2D eigenvalue weighted by atomic mass is 10.1. The number of carbonyl (C=O) groups excluding carboxylic acids is 1. The van der Waals surface area contributed by atoms with Gasteiger partial charge in [0.05, 0.1) is 16.3 Å². The van der Waals surface area contributed by atoms with Gasteiger partial charge in [-0.2, -0.15) is 0 Å². The highest BCUT2D eigenvalue weighted by molar-refractivity contribution is 6.33.